The Labute approximate surface area is 127 Å². The van der Waals surface area contributed by atoms with E-state index in [4.69, 9.17) is 10.5 Å². The maximum Gasteiger partial charge on any atom is 0.241 e. The standard InChI is InChI=1S/C17H26N2O2/c1-4-11-21-16-9-7-14(8-10-17(18)20)12-15(16)13-19(5-2)6-3/h7-10,12H,4-6,11,13H2,1-3H3,(H2,18,20)/b10-8-. The maximum absolute atomic E-state index is 10.8. The number of carbonyl (C=O) groups is 1. The molecule has 0 fully saturated rings. The summed E-state index contributed by atoms with van der Waals surface area (Å²) in [6.45, 7) is 9.91. The number of carbonyl (C=O) groups excluding carboxylic acids is 1. The third-order valence-electron chi connectivity index (χ3n) is 3.27. The van der Waals surface area contributed by atoms with E-state index in [2.05, 4.69) is 31.7 Å². The van der Waals surface area contributed by atoms with Crippen molar-refractivity contribution in [3.63, 3.8) is 0 Å². The Morgan fingerprint density at radius 1 is 1.29 bits per heavy atom. The van der Waals surface area contributed by atoms with Gasteiger partial charge in [0.1, 0.15) is 5.75 Å². The van der Waals surface area contributed by atoms with Crippen molar-refractivity contribution in [3.05, 3.63) is 35.4 Å². The number of nitrogens with two attached hydrogens (primary N) is 1. The molecule has 0 spiro atoms. The van der Waals surface area contributed by atoms with Gasteiger partial charge in [0.05, 0.1) is 6.61 Å². The van der Waals surface area contributed by atoms with Gasteiger partial charge in [-0.05, 0) is 43.3 Å². The average Bonchev–Trinajstić information content (AvgIpc) is 2.49. The molecule has 4 nitrogen and oxygen atoms in total. The minimum Gasteiger partial charge on any atom is -0.493 e. The van der Waals surface area contributed by atoms with Crippen molar-refractivity contribution in [2.45, 2.75) is 33.7 Å². The van der Waals surface area contributed by atoms with Crippen LogP contribution >= 0.6 is 0 Å². The fourth-order valence-electron chi connectivity index (χ4n) is 2.05. The van der Waals surface area contributed by atoms with Crippen LogP contribution in [0.5, 0.6) is 5.75 Å². The highest BCUT2D eigenvalue weighted by Gasteiger charge is 2.08. The summed E-state index contributed by atoms with van der Waals surface area (Å²) in [6.07, 6.45) is 4.09. The normalized spacial score (nSPS) is 11.2. The molecular weight excluding hydrogens is 264 g/mol. The molecule has 0 radical (unpaired) electrons. The summed E-state index contributed by atoms with van der Waals surface area (Å²) in [6, 6.07) is 5.97. The first-order valence-electron chi connectivity index (χ1n) is 7.56. The highest BCUT2D eigenvalue weighted by molar-refractivity contribution is 5.90. The summed E-state index contributed by atoms with van der Waals surface area (Å²) in [4.78, 5) is 13.2. The van der Waals surface area contributed by atoms with E-state index in [1.54, 1.807) is 6.08 Å². The van der Waals surface area contributed by atoms with E-state index in [9.17, 15) is 4.79 Å². The van der Waals surface area contributed by atoms with Crippen molar-refractivity contribution in [2.24, 2.45) is 5.73 Å². The van der Waals surface area contributed by atoms with Gasteiger partial charge in [0.25, 0.3) is 0 Å². The molecule has 1 rings (SSSR count). The van der Waals surface area contributed by atoms with Gasteiger partial charge in [-0.2, -0.15) is 0 Å². The second-order valence-electron chi connectivity index (χ2n) is 4.91. The summed E-state index contributed by atoms with van der Waals surface area (Å²) < 4.78 is 5.81. The van der Waals surface area contributed by atoms with Crippen molar-refractivity contribution in [1.82, 2.24) is 4.90 Å². The molecule has 1 amide bonds. The van der Waals surface area contributed by atoms with E-state index >= 15 is 0 Å². The molecule has 0 aliphatic heterocycles. The maximum atomic E-state index is 10.8. The lowest BCUT2D eigenvalue weighted by molar-refractivity contribution is -0.113. The number of primary amides is 1. The third kappa shape index (κ3) is 6.00. The van der Waals surface area contributed by atoms with Crippen molar-refractivity contribution in [1.29, 1.82) is 0 Å². The number of hydrogen-bond acceptors (Lipinski definition) is 3. The fourth-order valence-corrected chi connectivity index (χ4v) is 2.05. The van der Waals surface area contributed by atoms with Crippen LogP contribution in [0, 0.1) is 0 Å². The van der Waals surface area contributed by atoms with Crippen LogP contribution in [0.1, 0.15) is 38.3 Å². The lowest BCUT2D eigenvalue weighted by Gasteiger charge is -2.20. The van der Waals surface area contributed by atoms with Crippen LogP contribution < -0.4 is 10.5 Å². The summed E-state index contributed by atoms with van der Waals surface area (Å²) in [5, 5.41) is 0. The van der Waals surface area contributed by atoms with Crippen LogP contribution in [0.15, 0.2) is 24.3 Å². The highest BCUT2D eigenvalue weighted by atomic mass is 16.5. The first-order chi connectivity index (χ1) is 10.1. The SMILES string of the molecule is CCCOc1ccc(/C=C\C(N)=O)cc1CN(CC)CC. The van der Waals surface area contributed by atoms with Gasteiger partial charge in [0.15, 0.2) is 0 Å². The predicted octanol–water partition coefficient (Wildman–Crippen LogP) is 2.82. The molecule has 21 heavy (non-hydrogen) atoms. The molecule has 4 heteroatoms. The predicted molar refractivity (Wildman–Crippen MR) is 87.1 cm³/mol. The van der Waals surface area contributed by atoms with Crippen LogP contribution in [0.4, 0.5) is 0 Å². The number of nitrogens with zero attached hydrogens (tertiary/aromatic N) is 1. The molecule has 0 aliphatic rings. The Morgan fingerprint density at radius 3 is 2.57 bits per heavy atom. The van der Waals surface area contributed by atoms with Gasteiger partial charge in [0.2, 0.25) is 5.91 Å². The Bertz CT molecular complexity index is 480. The Kier molecular flexibility index (Phi) is 7.54. The quantitative estimate of drug-likeness (QED) is 0.712. The minimum atomic E-state index is -0.438. The van der Waals surface area contributed by atoms with Crippen molar-refractivity contribution >= 4 is 12.0 Å². The summed E-state index contributed by atoms with van der Waals surface area (Å²) >= 11 is 0. The fraction of sp³-hybridized carbons (Fsp3) is 0.471. The molecule has 2 N–H and O–H groups in total. The molecule has 116 valence electrons. The topological polar surface area (TPSA) is 55.6 Å². The summed E-state index contributed by atoms with van der Waals surface area (Å²) in [5.41, 5.74) is 7.23. The molecule has 0 bridgehead atoms. The molecule has 0 saturated heterocycles. The van der Waals surface area contributed by atoms with E-state index in [0.29, 0.717) is 6.61 Å². The van der Waals surface area contributed by atoms with Gasteiger partial charge < -0.3 is 10.5 Å². The van der Waals surface area contributed by atoms with E-state index in [0.717, 1.165) is 42.9 Å². The Morgan fingerprint density at radius 2 is 2.00 bits per heavy atom. The van der Waals surface area contributed by atoms with Gasteiger partial charge in [-0.3, -0.25) is 9.69 Å². The van der Waals surface area contributed by atoms with Crippen LogP contribution in [-0.2, 0) is 11.3 Å². The molecule has 0 unspecified atom stereocenters. The average molecular weight is 290 g/mol. The molecule has 0 saturated carbocycles. The number of amides is 1. The molecule has 1 aromatic carbocycles. The monoisotopic (exact) mass is 290 g/mol. The molecule has 0 heterocycles. The first-order valence-corrected chi connectivity index (χ1v) is 7.56. The smallest absolute Gasteiger partial charge is 0.241 e. The van der Waals surface area contributed by atoms with E-state index in [-0.39, 0.29) is 0 Å². The zero-order valence-electron chi connectivity index (χ0n) is 13.3. The second-order valence-corrected chi connectivity index (χ2v) is 4.91. The van der Waals surface area contributed by atoms with E-state index < -0.39 is 5.91 Å². The first kappa shape index (κ1) is 17.2. The molecule has 0 aliphatic carbocycles. The molecular formula is C17H26N2O2. The van der Waals surface area contributed by atoms with Gasteiger partial charge in [-0.25, -0.2) is 0 Å². The van der Waals surface area contributed by atoms with Crippen molar-refractivity contribution < 1.29 is 9.53 Å². The van der Waals surface area contributed by atoms with Gasteiger partial charge >= 0.3 is 0 Å². The van der Waals surface area contributed by atoms with E-state index in [1.807, 2.05) is 12.1 Å². The Balaban J connectivity index is 3.00. The van der Waals surface area contributed by atoms with Gasteiger partial charge in [-0.15, -0.1) is 0 Å². The van der Waals surface area contributed by atoms with Crippen molar-refractivity contribution in [3.8, 4) is 5.75 Å². The van der Waals surface area contributed by atoms with Crippen LogP contribution in [-0.4, -0.2) is 30.5 Å². The van der Waals surface area contributed by atoms with Crippen LogP contribution in [0.2, 0.25) is 0 Å². The number of hydrogen-bond donors (Lipinski definition) is 1. The lowest BCUT2D eigenvalue weighted by Crippen LogP contribution is -2.22. The second kappa shape index (κ2) is 9.19. The minimum absolute atomic E-state index is 0.438. The molecule has 0 aromatic heterocycles. The highest BCUT2D eigenvalue weighted by Crippen LogP contribution is 2.23. The summed E-state index contributed by atoms with van der Waals surface area (Å²) in [7, 11) is 0. The van der Waals surface area contributed by atoms with Crippen LogP contribution in [0.25, 0.3) is 6.08 Å². The Hall–Kier alpha value is -1.81. The van der Waals surface area contributed by atoms with E-state index in [1.165, 1.54) is 6.08 Å². The van der Waals surface area contributed by atoms with Gasteiger partial charge in [0, 0.05) is 18.2 Å². The van der Waals surface area contributed by atoms with Gasteiger partial charge in [-0.1, -0.05) is 26.8 Å². The zero-order chi connectivity index (χ0) is 15.7. The largest absolute Gasteiger partial charge is 0.493 e. The third-order valence-corrected chi connectivity index (χ3v) is 3.27. The summed E-state index contributed by atoms with van der Waals surface area (Å²) in [5.74, 6) is 0.478. The lowest BCUT2D eigenvalue weighted by atomic mass is 10.1. The van der Waals surface area contributed by atoms with Crippen LogP contribution in [0.3, 0.4) is 0 Å². The number of benzene rings is 1. The van der Waals surface area contributed by atoms with Crippen molar-refractivity contribution in [2.75, 3.05) is 19.7 Å². The number of rotatable bonds is 9. The molecule has 1 aromatic rings. The number of ether oxygens (including phenoxy) is 1. The zero-order valence-corrected chi connectivity index (χ0v) is 13.3. The molecule has 0 atom stereocenters.